The number of benzene rings is 2. The monoisotopic (exact) mass is 475 g/mol. The van der Waals surface area contributed by atoms with E-state index in [2.05, 4.69) is 10.3 Å². The Morgan fingerprint density at radius 1 is 1.09 bits per heavy atom. The average Bonchev–Trinajstić information content (AvgIpc) is 2.80. The quantitative estimate of drug-likeness (QED) is 0.438. The summed E-state index contributed by atoms with van der Waals surface area (Å²) in [6.07, 6.45) is 3.37. The first kappa shape index (κ1) is 22.8. The van der Waals surface area contributed by atoms with Crippen molar-refractivity contribution in [1.29, 1.82) is 0 Å². The molecule has 0 bridgehead atoms. The fraction of sp³-hybridized carbons (Fsp3) is 0.292. The lowest BCUT2D eigenvalue weighted by atomic mass is 9.84. The Balaban J connectivity index is 1.48. The molecule has 4 rings (SSSR count). The molecule has 0 radical (unpaired) electrons. The van der Waals surface area contributed by atoms with E-state index in [4.69, 9.17) is 33.7 Å². The molecule has 32 heavy (non-hydrogen) atoms. The van der Waals surface area contributed by atoms with E-state index in [9.17, 15) is 9.50 Å². The minimum absolute atomic E-state index is 0.00330. The van der Waals surface area contributed by atoms with Crippen LogP contribution in [0.5, 0.6) is 5.75 Å². The van der Waals surface area contributed by atoms with Crippen molar-refractivity contribution in [2.24, 2.45) is 0 Å². The number of ether oxygens (including phenoxy) is 1. The molecule has 1 aliphatic heterocycles. The van der Waals surface area contributed by atoms with E-state index in [1.807, 2.05) is 30.3 Å². The zero-order valence-corrected chi connectivity index (χ0v) is 18.9. The summed E-state index contributed by atoms with van der Waals surface area (Å²) in [5.41, 5.74) is 8.35. The van der Waals surface area contributed by atoms with E-state index in [-0.39, 0.29) is 17.4 Å². The predicted molar refractivity (Wildman–Crippen MR) is 126 cm³/mol. The number of nitrogen functional groups attached to an aromatic ring is 1. The Morgan fingerprint density at radius 2 is 1.81 bits per heavy atom. The summed E-state index contributed by atoms with van der Waals surface area (Å²) in [5.74, 6) is 0.157. The van der Waals surface area contributed by atoms with Gasteiger partial charge in [0.1, 0.15) is 5.82 Å². The number of pyridine rings is 1. The van der Waals surface area contributed by atoms with Gasteiger partial charge in [-0.1, -0.05) is 47.5 Å². The molecule has 1 aliphatic rings. The summed E-state index contributed by atoms with van der Waals surface area (Å²) in [5, 5.41) is 14.5. The third-order valence-corrected chi connectivity index (χ3v) is 6.58. The smallest absolute Gasteiger partial charge is 0.166 e. The predicted octanol–water partition coefficient (Wildman–Crippen LogP) is 4.97. The molecule has 0 unspecified atom stereocenters. The molecule has 2 heterocycles. The number of piperidine rings is 1. The maximum Gasteiger partial charge on any atom is 0.166 e. The van der Waals surface area contributed by atoms with Crippen LogP contribution in [-0.2, 0) is 12.0 Å². The largest absolute Gasteiger partial charge is 0.489 e. The molecule has 2 aromatic carbocycles. The number of aliphatic hydroxyl groups is 1. The fourth-order valence-electron chi connectivity index (χ4n) is 3.89. The minimum Gasteiger partial charge on any atom is -0.489 e. The second kappa shape index (κ2) is 9.63. The average molecular weight is 476 g/mol. The molecule has 8 heteroatoms. The Bertz CT molecular complexity index is 1100. The summed E-state index contributed by atoms with van der Waals surface area (Å²) in [6, 6.07) is 12.3. The fourth-order valence-corrected chi connectivity index (χ4v) is 4.45. The summed E-state index contributed by atoms with van der Waals surface area (Å²) in [7, 11) is 0. The third kappa shape index (κ3) is 4.84. The maximum absolute atomic E-state index is 13.7. The third-order valence-electron chi connectivity index (χ3n) is 5.82. The molecule has 0 amide bonds. The molecule has 0 saturated carbocycles. The van der Waals surface area contributed by atoms with Gasteiger partial charge in [-0.05, 0) is 60.8 Å². The van der Waals surface area contributed by atoms with Crippen molar-refractivity contribution in [3.8, 4) is 16.9 Å². The summed E-state index contributed by atoms with van der Waals surface area (Å²) in [4.78, 5) is 4.24. The van der Waals surface area contributed by atoms with Crippen molar-refractivity contribution < 1.29 is 14.2 Å². The van der Waals surface area contributed by atoms with Gasteiger partial charge in [0.2, 0.25) is 0 Å². The Kier molecular flexibility index (Phi) is 6.86. The van der Waals surface area contributed by atoms with Crippen LogP contribution in [0.15, 0.2) is 48.7 Å². The van der Waals surface area contributed by atoms with E-state index in [1.165, 1.54) is 12.1 Å². The topological polar surface area (TPSA) is 80.4 Å². The van der Waals surface area contributed by atoms with Crippen LogP contribution in [0.25, 0.3) is 11.1 Å². The zero-order chi connectivity index (χ0) is 22.7. The van der Waals surface area contributed by atoms with Crippen LogP contribution in [-0.4, -0.2) is 29.8 Å². The van der Waals surface area contributed by atoms with Crippen LogP contribution in [0.1, 0.15) is 24.0 Å². The van der Waals surface area contributed by atoms with Crippen LogP contribution in [0.3, 0.4) is 0 Å². The van der Waals surface area contributed by atoms with Gasteiger partial charge < -0.3 is 20.9 Å². The van der Waals surface area contributed by atoms with Gasteiger partial charge in [0, 0.05) is 23.2 Å². The molecule has 1 aromatic heterocycles. The number of nitrogens with two attached hydrogens (primary N) is 1. The lowest BCUT2D eigenvalue weighted by molar-refractivity contribution is 0.00595. The van der Waals surface area contributed by atoms with E-state index >= 15 is 0 Å². The van der Waals surface area contributed by atoms with Gasteiger partial charge in [-0.2, -0.15) is 0 Å². The number of nitrogens with one attached hydrogen (secondary N) is 1. The summed E-state index contributed by atoms with van der Waals surface area (Å²) in [6.45, 7) is 1.80. The number of halogens is 3. The normalized spacial score (nSPS) is 15.5. The standard InChI is InChI=1S/C24H24Cl2FN3O2/c25-19-5-6-20(27)22(26)18(19)7-12-32-21-13-16(14-30-23(21)28)15-1-3-17(4-2-15)24(31)8-10-29-11-9-24/h1-6,13-14,29,31H,7-12H2,(H2,28,30). The van der Waals surface area contributed by atoms with E-state index < -0.39 is 11.4 Å². The number of hydrogen-bond donors (Lipinski definition) is 3. The molecule has 168 valence electrons. The number of nitrogens with zero attached hydrogens (tertiary/aromatic N) is 1. The first-order valence-corrected chi connectivity index (χ1v) is 11.2. The molecule has 4 N–H and O–H groups in total. The van der Waals surface area contributed by atoms with Gasteiger partial charge in [0.25, 0.3) is 0 Å². The van der Waals surface area contributed by atoms with Gasteiger partial charge in [0.15, 0.2) is 11.6 Å². The van der Waals surface area contributed by atoms with E-state index in [1.54, 1.807) is 6.20 Å². The molecule has 0 atom stereocenters. The molecular weight excluding hydrogens is 452 g/mol. The highest BCUT2D eigenvalue weighted by Crippen LogP contribution is 2.33. The Labute approximate surface area is 196 Å². The van der Waals surface area contributed by atoms with E-state index in [0.717, 1.165) is 29.8 Å². The lowest BCUT2D eigenvalue weighted by Gasteiger charge is -2.33. The Hall–Kier alpha value is -2.38. The van der Waals surface area contributed by atoms with Crippen LogP contribution >= 0.6 is 23.2 Å². The Morgan fingerprint density at radius 3 is 2.53 bits per heavy atom. The van der Waals surface area contributed by atoms with Crippen LogP contribution in [0.2, 0.25) is 10.0 Å². The highest BCUT2D eigenvalue weighted by atomic mass is 35.5. The van der Waals surface area contributed by atoms with Crippen LogP contribution in [0, 0.1) is 5.82 Å². The van der Waals surface area contributed by atoms with Crippen molar-refractivity contribution in [2.45, 2.75) is 24.9 Å². The second-order valence-corrected chi connectivity index (χ2v) is 8.67. The zero-order valence-electron chi connectivity index (χ0n) is 17.4. The summed E-state index contributed by atoms with van der Waals surface area (Å²) < 4.78 is 19.5. The number of aromatic nitrogens is 1. The molecule has 1 saturated heterocycles. The first-order valence-electron chi connectivity index (χ1n) is 10.4. The number of hydrogen-bond acceptors (Lipinski definition) is 5. The second-order valence-electron chi connectivity index (χ2n) is 7.89. The van der Waals surface area contributed by atoms with Crippen LogP contribution in [0.4, 0.5) is 10.2 Å². The molecule has 5 nitrogen and oxygen atoms in total. The van der Waals surface area contributed by atoms with Gasteiger partial charge in [-0.25, -0.2) is 9.37 Å². The van der Waals surface area contributed by atoms with Crippen molar-refractivity contribution >= 4 is 29.0 Å². The minimum atomic E-state index is -0.795. The highest BCUT2D eigenvalue weighted by Gasteiger charge is 2.30. The highest BCUT2D eigenvalue weighted by molar-refractivity contribution is 6.36. The molecule has 0 spiro atoms. The number of anilines is 1. The van der Waals surface area contributed by atoms with Crippen molar-refractivity contribution in [1.82, 2.24) is 10.3 Å². The van der Waals surface area contributed by atoms with Crippen molar-refractivity contribution in [2.75, 3.05) is 25.4 Å². The van der Waals surface area contributed by atoms with Gasteiger partial charge >= 0.3 is 0 Å². The number of rotatable bonds is 6. The maximum atomic E-state index is 13.7. The SMILES string of the molecule is Nc1ncc(-c2ccc(C3(O)CCNCC3)cc2)cc1OCCc1c(Cl)ccc(F)c1Cl. The van der Waals surface area contributed by atoms with Gasteiger partial charge in [-0.3, -0.25) is 0 Å². The van der Waals surface area contributed by atoms with Crippen molar-refractivity contribution in [3.05, 3.63) is 75.7 Å². The summed E-state index contributed by atoms with van der Waals surface area (Å²) >= 11 is 12.2. The molecule has 0 aliphatic carbocycles. The molecule has 3 aromatic rings. The van der Waals surface area contributed by atoms with Crippen molar-refractivity contribution in [3.63, 3.8) is 0 Å². The molecule has 1 fully saturated rings. The first-order chi connectivity index (χ1) is 15.4. The lowest BCUT2D eigenvalue weighted by Crippen LogP contribution is -2.39. The van der Waals surface area contributed by atoms with Gasteiger partial charge in [-0.15, -0.1) is 0 Å². The molecular formula is C24H24Cl2FN3O2. The van der Waals surface area contributed by atoms with Crippen LogP contribution < -0.4 is 15.8 Å². The van der Waals surface area contributed by atoms with Gasteiger partial charge in [0.05, 0.1) is 17.2 Å². The van der Waals surface area contributed by atoms with E-state index in [0.29, 0.717) is 35.6 Å².